The van der Waals surface area contributed by atoms with E-state index in [2.05, 4.69) is 20.1 Å². The maximum absolute atomic E-state index is 13.8. The SMILES string of the molecule is CC(C)(C)NS(=O)(=O)c1cnn2c(Nc3ccc(Cl)c(Cl)c3)c(C(=O)N3CCC(c4ccc(F)cc4)CC3)cnc12. The second-order valence-electron chi connectivity index (χ2n) is 11.0. The fraction of sp³-hybridized carbons (Fsp3) is 0.321. The predicted molar refractivity (Wildman–Crippen MR) is 157 cm³/mol. The summed E-state index contributed by atoms with van der Waals surface area (Å²) in [4.78, 5) is 19.8. The maximum atomic E-state index is 13.8. The molecule has 3 heterocycles. The van der Waals surface area contributed by atoms with Gasteiger partial charge in [0.1, 0.15) is 22.1 Å². The summed E-state index contributed by atoms with van der Waals surface area (Å²) in [5, 5.41) is 8.15. The number of anilines is 2. The van der Waals surface area contributed by atoms with E-state index in [1.54, 1.807) is 56.0 Å². The summed E-state index contributed by atoms with van der Waals surface area (Å²) in [6, 6.07) is 11.4. The van der Waals surface area contributed by atoms with Crippen LogP contribution in [0.5, 0.6) is 0 Å². The van der Waals surface area contributed by atoms with Gasteiger partial charge in [-0.25, -0.2) is 22.5 Å². The zero-order chi connectivity index (χ0) is 29.5. The lowest BCUT2D eigenvalue weighted by Gasteiger charge is -2.32. The van der Waals surface area contributed by atoms with E-state index < -0.39 is 15.6 Å². The van der Waals surface area contributed by atoms with E-state index in [4.69, 9.17) is 23.2 Å². The van der Waals surface area contributed by atoms with Gasteiger partial charge in [0.2, 0.25) is 10.0 Å². The highest BCUT2D eigenvalue weighted by Gasteiger charge is 2.31. The fourth-order valence-electron chi connectivity index (χ4n) is 4.87. The number of carbonyl (C=O) groups excluding carboxylic acids is 1. The van der Waals surface area contributed by atoms with Gasteiger partial charge >= 0.3 is 0 Å². The van der Waals surface area contributed by atoms with Crippen molar-refractivity contribution in [1.82, 2.24) is 24.2 Å². The van der Waals surface area contributed by atoms with Crippen LogP contribution in [0.1, 0.15) is 55.5 Å². The molecule has 0 bridgehead atoms. The Kier molecular flexibility index (Phi) is 7.99. The van der Waals surface area contributed by atoms with Crippen LogP contribution in [0.25, 0.3) is 5.65 Å². The standard InChI is InChI=1S/C28H29Cl2FN6O3S/c1-28(2,3)35-41(39,40)24-16-33-37-25(34-20-8-9-22(29)23(30)14-20)21(15-32-26(24)37)27(38)36-12-10-18(11-13-36)17-4-6-19(31)7-5-17/h4-9,14-16,18,34-35H,10-13H2,1-3H3. The summed E-state index contributed by atoms with van der Waals surface area (Å²) in [5.74, 6) is -0.123. The first kappa shape index (κ1) is 29.2. The molecule has 0 radical (unpaired) electrons. The Labute approximate surface area is 247 Å². The van der Waals surface area contributed by atoms with Crippen molar-refractivity contribution < 1.29 is 17.6 Å². The van der Waals surface area contributed by atoms with Crippen LogP contribution in [-0.2, 0) is 10.0 Å². The first-order valence-corrected chi connectivity index (χ1v) is 15.2. The number of aromatic nitrogens is 3. The number of piperidine rings is 1. The van der Waals surface area contributed by atoms with Crippen molar-refractivity contribution in [3.8, 4) is 0 Å². The molecular weight excluding hydrogens is 590 g/mol. The van der Waals surface area contributed by atoms with Crippen molar-refractivity contribution in [3.05, 3.63) is 81.8 Å². The van der Waals surface area contributed by atoms with Gasteiger partial charge in [0.25, 0.3) is 5.91 Å². The Bertz CT molecular complexity index is 1710. The second-order valence-corrected chi connectivity index (χ2v) is 13.5. The molecule has 0 unspecified atom stereocenters. The number of nitrogens with zero attached hydrogens (tertiary/aromatic N) is 4. The summed E-state index contributed by atoms with van der Waals surface area (Å²) >= 11 is 12.3. The van der Waals surface area contributed by atoms with Crippen molar-refractivity contribution >= 4 is 56.3 Å². The van der Waals surface area contributed by atoms with Gasteiger partial charge in [-0.1, -0.05) is 35.3 Å². The van der Waals surface area contributed by atoms with Crippen LogP contribution in [0.15, 0.2) is 59.8 Å². The lowest BCUT2D eigenvalue weighted by Crippen LogP contribution is -2.40. The first-order valence-electron chi connectivity index (χ1n) is 13.0. The van der Waals surface area contributed by atoms with Crippen LogP contribution < -0.4 is 10.0 Å². The highest BCUT2D eigenvalue weighted by Crippen LogP contribution is 2.32. The van der Waals surface area contributed by atoms with Crippen molar-refractivity contribution in [3.63, 3.8) is 0 Å². The Hall–Kier alpha value is -3.25. The molecule has 216 valence electrons. The number of nitrogens with one attached hydrogen (secondary N) is 2. The highest BCUT2D eigenvalue weighted by molar-refractivity contribution is 7.89. The summed E-state index contributed by atoms with van der Waals surface area (Å²) in [6.07, 6.45) is 4.00. The number of amides is 1. The van der Waals surface area contributed by atoms with Gasteiger partial charge in [0.05, 0.1) is 16.2 Å². The molecule has 1 amide bonds. The smallest absolute Gasteiger partial charge is 0.259 e. The van der Waals surface area contributed by atoms with Gasteiger partial charge in [0.15, 0.2) is 5.65 Å². The number of benzene rings is 2. The lowest BCUT2D eigenvalue weighted by atomic mass is 9.89. The van der Waals surface area contributed by atoms with Crippen molar-refractivity contribution in [2.45, 2.75) is 50.0 Å². The fourth-order valence-corrected chi connectivity index (χ4v) is 6.65. The van der Waals surface area contributed by atoms with Crippen molar-refractivity contribution in [2.75, 3.05) is 18.4 Å². The molecule has 41 heavy (non-hydrogen) atoms. The van der Waals surface area contributed by atoms with Crippen LogP contribution in [0.4, 0.5) is 15.9 Å². The average Bonchev–Trinajstić information content (AvgIpc) is 3.36. The third kappa shape index (κ3) is 6.33. The number of likely N-dealkylation sites (tertiary alicyclic amines) is 1. The molecule has 1 aliphatic heterocycles. The van der Waals surface area contributed by atoms with Gasteiger partial charge in [-0.3, -0.25) is 4.79 Å². The zero-order valence-electron chi connectivity index (χ0n) is 22.7. The van der Waals surface area contributed by atoms with Gasteiger partial charge < -0.3 is 10.2 Å². The largest absolute Gasteiger partial charge is 0.339 e. The summed E-state index contributed by atoms with van der Waals surface area (Å²) in [5.41, 5.74) is 1.08. The molecule has 5 rings (SSSR count). The van der Waals surface area contributed by atoms with Gasteiger partial charge in [-0.15, -0.1) is 0 Å². The predicted octanol–water partition coefficient (Wildman–Crippen LogP) is 6.02. The van der Waals surface area contributed by atoms with E-state index in [0.29, 0.717) is 41.7 Å². The number of sulfonamides is 1. The van der Waals surface area contributed by atoms with Gasteiger partial charge in [-0.2, -0.15) is 9.61 Å². The lowest BCUT2D eigenvalue weighted by molar-refractivity contribution is 0.0713. The van der Waals surface area contributed by atoms with Crippen LogP contribution in [0.2, 0.25) is 10.0 Å². The van der Waals surface area contributed by atoms with Crippen LogP contribution in [0.3, 0.4) is 0 Å². The molecule has 0 atom stereocenters. The number of hydrogen-bond donors (Lipinski definition) is 2. The molecule has 9 nitrogen and oxygen atoms in total. The molecule has 0 aliphatic carbocycles. The highest BCUT2D eigenvalue weighted by atomic mass is 35.5. The normalized spacial score (nSPS) is 14.9. The summed E-state index contributed by atoms with van der Waals surface area (Å²) < 4.78 is 43.6. The molecule has 4 aromatic rings. The minimum Gasteiger partial charge on any atom is -0.339 e. The molecular formula is C28H29Cl2FN6O3S. The van der Waals surface area contributed by atoms with Crippen LogP contribution in [0, 0.1) is 5.82 Å². The van der Waals surface area contributed by atoms with Crippen molar-refractivity contribution in [2.24, 2.45) is 0 Å². The number of carbonyl (C=O) groups is 1. The Morgan fingerprint density at radius 1 is 1.02 bits per heavy atom. The van der Waals surface area contributed by atoms with E-state index in [-0.39, 0.29) is 39.6 Å². The average molecular weight is 620 g/mol. The first-order chi connectivity index (χ1) is 19.3. The Morgan fingerprint density at radius 2 is 1.71 bits per heavy atom. The summed E-state index contributed by atoms with van der Waals surface area (Å²) in [7, 11) is -3.97. The molecule has 2 aromatic carbocycles. The van der Waals surface area contributed by atoms with Crippen LogP contribution >= 0.6 is 23.2 Å². The quantitative estimate of drug-likeness (QED) is 0.274. The number of fused-ring (bicyclic) bond motifs is 1. The maximum Gasteiger partial charge on any atom is 0.259 e. The minimum absolute atomic E-state index is 0.0517. The minimum atomic E-state index is -3.97. The molecule has 1 fully saturated rings. The second kappa shape index (κ2) is 11.2. The Balaban J connectivity index is 1.50. The molecule has 13 heteroatoms. The zero-order valence-corrected chi connectivity index (χ0v) is 25.0. The molecule has 0 spiro atoms. The third-order valence-corrected chi connectivity index (χ3v) is 9.25. The topological polar surface area (TPSA) is 109 Å². The van der Waals surface area contributed by atoms with E-state index in [1.807, 2.05) is 0 Å². The van der Waals surface area contributed by atoms with E-state index in [9.17, 15) is 17.6 Å². The van der Waals surface area contributed by atoms with Crippen molar-refractivity contribution in [1.29, 1.82) is 0 Å². The number of rotatable bonds is 6. The number of hydrogen-bond acceptors (Lipinski definition) is 6. The summed E-state index contributed by atoms with van der Waals surface area (Å²) in [6.45, 7) is 6.17. The third-order valence-electron chi connectivity index (χ3n) is 6.76. The van der Waals surface area contributed by atoms with Gasteiger partial charge in [-0.05, 0) is 75.4 Å². The van der Waals surface area contributed by atoms with Gasteiger partial charge in [0, 0.05) is 30.5 Å². The number of halogens is 3. The Morgan fingerprint density at radius 3 is 2.34 bits per heavy atom. The molecule has 2 aromatic heterocycles. The van der Waals surface area contributed by atoms with E-state index in [1.165, 1.54) is 29.0 Å². The molecule has 2 N–H and O–H groups in total. The monoisotopic (exact) mass is 618 g/mol. The molecule has 1 aliphatic rings. The molecule has 0 saturated carbocycles. The van der Waals surface area contributed by atoms with E-state index in [0.717, 1.165) is 5.56 Å². The van der Waals surface area contributed by atoms with Crippen LogP contribution in [-0.4, -0.2) is 52.5 Å². The molecule has 1 saturated heterocycles. The van der Waals surface area contributed by atoms with E-state index >= 15 is 0 Å².